The van der Waals surface area contributed by atoms with E-state index in [1.54, 1.807) is 87.0 Å². The number of halogens is 1. The number of ether oxygens (including phenoxy) is 4. The Labute approximate surface area is 269 Å². The van der Waals surface area contributed by atoms with Crippen LogP contribution in [0.2, 0.25) is 0 Å². The molecule has 0 saturated heterocycles. The van der Waals surface area contributed by atoms with Crippen LogP contribution in [0.3, 0.4) is 0 Å². The Bertz CT molecular complexity index is 1550. The van der Waals surface area contributed by atoms with E-state index in [-0.39, 0.29) is 13.2 Å². The summed E-state index contributed by atoms with van der Waals surface area (Å²) in [7, 11) is 3.11. The maximum absolute atomic E-state index is 14.2. The monoisotopic (exact) mass is 677 g/mol. The molecule has 0 unspecified atom stereocenters. The lowest BCUT2D eigenvalue weighted by Gasteiger charge is -2.34. The average Bonchev–Trinajstić information content (AvgIpc) is 3.06. The van der Waals surface area contributed by atoms with Crippen LogP contribution in [0, 0.1) is 5.41 Å². The van der Waals surface area contributed by atoms with Crippen molar-refractivity contribution in [2.24, 2.45) is 5.41 Å². The Hall–Kier alpha value is -4.28. The van der Waals surface area contributed by atoms with Gasteiger partial charge in [-0.25, -0.2) is 4.79 Å². The van der Waals surface area contributed by atoms with Crippen molar-refractivity contribution in [3.05, 3.63) is 124 Å². The molecule has 0 saturated carbocycles. The number of carbonyl (C=O) groups excluding carboxylic acids is 3. The minimum atomic E-state index is -1.88. The number of hydrogen-bond donors (Lipinski definition) is 1. The standard InChI is InChI=1S/C34H32BrNO7S/c1-34(32(38)44-29-19-17-28(41-3)18-20-29,31(37)42-21-24-9-15-27(40-2)16-10-24)30(25-11-13-26(35)14-12-25)36-33(39)43-22-23-7-5-4-6-8-23/h4-20,30H,21-22H2,1-3H3,(H,36,39)/t30-,34-/m0/s1. The molecule has 0 radical (unpaired) electrons. The van der Waals surface area contributed by atoms with E-state index in [1.807, 2.05) is 30.3 Å². The second kappa shape index (κ2) is 15.4. The van der Waals surface area contributed by atoms with Crippen molar-refractivity contribution in [3.8, 4) is 11.5 Å². The van der Waals surface area contributed by atoms with Gasteiger partial charge in [-0.1, -0.05) is 82.3 Å². The molecule has 2 atom stereocenters. The zero-order chi connectivity index (χ0) is 31.5. The highest BCUT2D eigenvalue weighted by molar-refractivity contribution is 9.10. The van der Waals surface area contributed by atoms with E-state index < -0.39 is 28.6 Å². The third-order valence-electron chi connectivity index (χ3n) is 6.90. The van der Waals surface area contributed by atoms with E-state index in [2.05, 4.69) is 21.2 Å². The molecule has 0 aliphatic heterocycles. The summed E-state index contributed by atoms with van der Waals surface area (Å²) in [6.07, 6.45) is -0.793. The lowest BCUT2D eigenvalue weighted by atomic mass is 9.79. The first kappa shape index (κ1) is 32.6. The molecule has 228 valence electrons. The van der Waals surface area contributed by atoms with Gasteiger partial charge in [-0.05, 0) is 72.1 Å². The van der Waals surface area contributed by atoms with Gasteiger partial charge in [0.05, 0.1) is 20.3 Å². The van der Waals surface area contributed by atoms with E-state index in [0.717, 1.165) is 21.8 Å². The number of nitrogens with one attached hydrogen (secondary N) is 1. The first-order valence-corrected chi connectivity index (χ1v) is 15.2. The van der Waals surface area contributed by atoms with Crippen molar-refractivity contribution in [2.45, 2.75) is 31.1 Å². The Morgan fingerprint density at radius 2 is 1.30 bits per heavy atom. The van der Waals surface area contributed by atoms with Crippen molar-refractivity contribution in [3.63, 3.8) is 0 Å². The number of benzene rings is 4. The second-order valence-corrected chi connectivity index (χ2v) is 11.8. The number of thioether (sulfide) groups is 1. The predicted octanol–water partition coefficient (Wildman–Crippen LogP) is 7.50. The fraction of sp³-hybridized carbons (Fsp3) is 0.206. The van der Waals surface area contributed by atoms with Crippen molar-refractivity contribution in [1.82, 2.24) is 5.32 Å². The highest BCUT2D eigenvalue weighted by atomic mass is 79.9. The van der Waals surface area contributed by atoms with Crippen LogP contribution in [-0.2, 0) is 32.3 Å². The fourth-order valence-electron chi connectivity index (χ4n) is 4.30. The minimum Gasteiger partial charge on any atom is -0.497 e. The number of rotatable bonds is 12. The van der Waals surface area contributed by atoms with Gasteiger partial charge < -0.3 is 24.3 Å². The van der Waals surface area contributed by atoms with Crippen LogP contribution >= 0.6 is 27.7 Å². The summed E-state index contributed by atoms with van der Waals surface area (Å²) in [6, 6.07) is 29.0. The van der Waals surface area contributed by atoms with Gasteiger partial charge in [0.15, 0.2) is 5.41 Å². The number of carbonyl (C=O) groups is 3. The van der Waals surface area contributed by atoms with Crippen molar-refractivity contribution < 1.29 is 33.3 Å². The van der Waals surface area contributed by atoms with Gasteiger partial charge in [0.25, 0.3) is 0 Å². The van der Waals surface area contributed by atoms with E-state index in [0.29, 0.717) is 27.5 Å². The molecule has 0 aliphatic rings. The number of hydrogen-bond acceptors (Lipinski definition) is 8. The van der Waals surface area contributed by atoms with Crippen molar-refractivity contribution in [1.29, 1.82) is 0 Å². The number of amides is 1. The maximum atomic E-state index is 14.2. The van der Waals surface area contributed by atoms with E-state index in [9.17, 15) is 14.4 Å². The van der Waals surface area contributed by atoms with Gasteiger partial charge in [0.2, 0.25) is 5.12 Å². The van der Waals surface area contributed by atoms with E-state index >= 15 is 0 Å². The molecule has 10 heteroatoms. The lowest BCUT2D eigenvalue weighted by molar-refractivity contribution is -0.160. The first-order valence-electron chi connectivity index (χ1n) is 13.6. The lowest BCUT2D eigenvalue weighted by Crippen LogP contribution is -2.49. The minimum absolute atomic E-state index is 0.00685. The normalized spacial score (nSPS) is 12.7. The molecule has 1 N–H and O–H groups in total. The van der Waals surface area contributed by atoms with Gasteiger partial charge in [0.1, 0.15) is 24.7 Å². The van der Waals surface area contributed by atoms with Crippen LogP contribution in [0.15, 0.2) is 112 Å². The van der Waals surface area contributed by atoms with Crippen LogP contribution in [0.25, 0.3) is 0 Å². The average molecular weight is 679 g/mol. The van der Waals surface area contributed by atoms with Gasteiger partial charge in [0, 0.05) is 9.37 Å². The van der Waals surface area contributed by atoms with Crippen LogP contribution in [0.4, 0.5) is 4.79 Å². The molecule has 44 heavy (non-hydrogen) atoms. The molecule has 0 fully saturated rings. The summed E-state index contributed by atoms with van der Waals surface area (Å²) >= 11 is 4.30. The van der Waals surface area contributed by atoms with Crippen LogP contribution < -0.4 is 14.8 Å². The molecule has 0 aliphatic carbocycles. The first-order chi connectivity index (χ1) is 21.2. The Morgan fingerprint density at radius 3 is 1.89 bits per heavy atom. The number of methoxy groups -OCH3 is 2. The highest BCUT2D eigenvalue weighted by Crippen LogP contribution is 2.42. The third kappa shape index (κ3) is 8.42. The summed E-state index contributed by atoms with van der Waals surface area (Å²) in [4.78, 5) is 42.0. The maximum Gasteiger partial charge on any atom is 0.407 e. The topological polar surface area (TPSA) is 100 Å². The summed E-state index contributed by atoms with van der Waals surface area (Å²) in [5.74, 6) is 0.471. The Morgan fingerprint density at radius 1 is 0.750 bits per heavy atom. The molecule has 4 rings (SSSR count). The summed E-state index contributed by atoms with van der Waals surface area (Å²) < 4.78 is 22.5. The van der Waals surface area contributed by atoms with Crippen molar-refractivity contribution in [2.75, 3.05) is 14.2 Å². The van der Waals surface area contributed by atoms with Gasteiger partial charge in [-0.15, -0.1) is 0 Å². The molecular formula is C34H32BrNO7S. The number of alkyl carbamates (subject to hydrolysis) is 1. The van der Waals surface area contributed by atoms with Gasteiger partial charge in [-0.2, -0.15) is 0 Å². The highest BCUT2D eigenvalue weighted by Gasteiger charge is 2.51. The second-order valence-electron chi connectivity index (χ2n) is 9.88. The largest absolute Gasteiger partial charge is 0.497 e. The van der Waals surface area contributed by atoms with E-state index in [4.69, 9.17) is 18.9 Å². The molecule has 4 aromatic rings. The molecule has 0 spiro atoms. The zero-order valence-corrected chi connectivity index (χ0v) is 26.9. The Balaban J connectivity index is 1.67. The molecule has 0 aromatic heterocycles. The number of esters is 1. The van der Waals surface area contributed by atoms with Crippen LogP contribution in [0.1, 0.15) is 29.7 Å². The molecule has 0 bridgehead atoms. The molecular weight excluding hydrogens is 646 g/mol. The van der Waals surface area contributed by atoms with Gasteiger partial charge >= 0.3 is 12.1 Å². The predicted molar refractivity (Wildman–Crippen MR) is 171 cm³/mol. The SMILES string of the molecule is COc1ccc(COC(=O)[C@@](C)(C(=O)Sc2ccc(OC)cc2)[C@@H](NC(=O)OCc2ccccc2)c2ccc(Br)cc2)cc1. The van der Waals surface area contributed by atoms with Crippen molar-refractivity contribution >= 4 is 44.9 Å². The summed E-state index contributed by atoms with van der Waals surface area (Å²) in [6.45, 7) is 1.39. The quantitative estimate of drug-likeness (QED) is 0.0935. The molecule has 1 amide bonds. The van der Waals surface area contributed by atoms with Gasteiger partial charge in [-0.3, -0.25) is 9.59 Å². The molecule has 8 nitrogen and oxygen atoms in total. The van der Waals surface area contributed by atoms with Crippen LogP contribution in [0.5, 0.6) is 11.5 Å². The smallest absolute Gasteiger partial charge is 0.407 e. The third-order valence-corrected chi connectivity index (χ3v) is 8.55. The Kier molecular flexibility index (Phi) is 11.5. The molecule has 4 aromatic carbocycles. The summed E-state index contributed by atoms with van der Waals surface area (Å²) in [5.41, 5.74) is 0.122. The molecule has 0 heterocycles. The van der Waals surface area contributed by atoms with Crippen LogP contribution in [-0.4, -0.2) is 31.4 Å². The fourth-order valence-corrected chi connectivity index (χ4v) is 5.46. The van der Waals surface area contributed by atoms with E-state index in [1.165, 1.54) is 6.92 Å². The zero-order valence-electron chi connectivity index (χ0n) is 24.5. The summed E-state index contributed by atoms with van der Waals surface area (Å²) in [5, 5.41) is 2.27.